The molecule has 0 N–H and O–H groups in total. The molecule has 6 nitrogen and oxygen atoms in total. The molecule has 2 aliphatic heterocycles. The highest BCUT2D eigenvalue weighted by Gasteiger charge is 2.17. The molecule has 0 aromatic heterocycles. The largest absolute Gasteiger partial charge is 0.454 e. The Hall–Kier alpha value is -2.41. The zero-order chi connectivity index (χ0) is 17.3. The first kappa shape index (κ1) is 16.1. The van der Waals surface area contributed by atoms with Gasteiger partial charge in [0.2, 0.25) is 13.6 Å². The van der Waals surface area contributed by atoms with Crippen molar-refractivity contribution in [1.82, 2.24) is 0 Å². The average molecular weight is 362 g/mol. The monoisotopic (exact) mass is 362 g/mol. The van der Waals surface area contributed by atoms with Crippen LogP contribution in [0.15, 0.2) is 36.4 Å². The molecule has 0 atom stereocenters. The van der Waals surface area contributed by atoms with Crippen LogP contribution < -0.4 is 18.9 Å². The molecule has 7 heteroatoms. The van der Waals surface area contributed by atoms with E-state index in [1.807, 2.05) is 36.4 Å². The van der Waals surface area contributed by atoms with E-state index in [0.29, 0.717) is 35.8 Å². The standard InChI is InChI=1S/C18H18O6S/c19-25(20,7-5-13-1-3-15-17(9-13)23-11-21-15)8-6-14-2-4-16-18(10-14)24-12-22-16/h1-4,9-10H,5-8,11-12H2. The number of hydrogen-bond acceptors (Lipinski definition) is 6. The summed E-state index contributed by atoms with van der Waals surface area (Å²) in [7, 11) is -3.15. The van der Waals surface area contributed by atoms with Crippen molar-refractivity contribution in [3.05, 3.63) is 47.5 Å². The van der Waals surface area contributed by atoms with Crippen LogP contribution in [-0.4, -0.2) is 33.5 Å². The van der Waals surface area contributed by atoms with E-state index in [1.54, 1.807) is 0 Å². The van der Waals surface area contributed by atoms with Crippen LogP contribution in [0.5, 0.6) is 23.0 Å². The molecule has 25 heavy (non-hydrogen) atoms. The Labute approximate surface area is 146 Å². The van der Waals surface area contributed by atoms with Gasteiger partial charge in [-0.05, 0) is 48.2 Å². The van der Waals surface area contributed by atoms with E-state index in [2.05, 4.69) is 0 Å². The van der Waals surface area contributed by atoms with Gasteiger partial charge in [-0.1, -0.05) is 12.1 Å². The van der Waals surface area contributed by atoms with Gasteiger partial charge in [0.25, 0.3) is 0 Å². The number of hydrogen-bond donors (Lipinski definition) is 0. The summed E-state index contributed by atoms with van der Waals surface area (Å²) in [6, 6.07) is 11.1. The number of sulfone groups is 1. The lowest BCUT2D eigenvalue weighted by molar-refractivity contribution is 0.173. The molecular formula is C18H18O6S. The maximum absolute atomic E-state index is 12.3. The van der Waals surface area contributed by atoms with Gasteiger partial charge < -0.3 is 18.9 Å². The third-order valence-corrected chi connectivity index (χ3v) is 5.93. The zero-order valence-electron chi connectivity index (χ0n) is 13.6. The molecule has 0 radical (unpaired) electrons. The van der Waals surface area contributed by atoms with Gasteiger partial charge in [-0.15, -0.1) is 0 Å². The van der Waals surface area contributed by atoms with Gasteiger partial charge in [0.05, 0.1) is 11.5 Å². The number of ether oxygens (including phenoxy) is 4. The SMILES string of the molecule is O=S(=O)(CCc1ccc2c(c1)OCO2)CCc1ccc2c(c1)OCO2. The van der Waals surface area contributed by atoms with E-state index in [4.69, 9.17) is 18.9 Å². The topological polar surface area (TPSA) is 71.1 Å². The Bertz CT molecular complexity index is 823. The summed E-state index contributed by atoms with van der Waals surface area (Å²) in [6.45, 7) is 0.430. The lowest BCUT2D eigenvalue weighted by Crippen LogP contribution is -2.14. The maximum Gasteiger partial charge on any atom is 0.231 e. The molecule has 0 saturated heterocycles. The highest BCUT2D eigenvalue weighted by atomic mass is 32.2. The molecular weight excluding hydrogens is 344 g/mol. The van der Waals surface area contributed by atoms with Crippen LogP contribution in [0.25, 0.3) is 0 Å². The smallest absolute Gasteiger partial charge is 0.231 e. The summed E-state index contributed by atoms with van der Waals surface area (Å²) in [5, 5.41) is 0. The van der Waals surface area contributed by atoms with E-state index < -0.39 is 9.84 Å². The van der Waals surface area contributed by atoms with Crippen LogP contribution in [0.1, 0.15) is 11.1 Å². The fourth-order valence-corrected chi connectivity index (χ4v) is 4.14. The van der Waals surface area contributed by atoms with Gasteiger partial charge in [0, 0.05) is 0 Å². The molecule has 2 heterocycles. The van der Waals surface area contributed by atoms with Gasteiger partial charge in [-0.2, -0.15) is 0 Å². The minimum atomic E-state index is -3.15. The number of benzene rings is 2. The van der Waals surface area contributed by atoms with Gasteiger partial charge in [-0.3, -0.25) is 0 Å². The van der Waals surface area contributed by atoms with E-state index in [-0.39, 0.29) is 25.1 Å². The zero-order valence-corrected chi connectivity index (χ0v) is 14.4. The molecule has 4 rings (SSSR count). The molecule has 2 aromatic rings. The van der Waals surface area contributed by atoms with Crippen LogP contribution in [0.2, 0.25) is 0 Å². The van der Waals surface area contributed by atoms with E-state index in [9.17, 15) is 8.42 Å². The van der Waals surface area contributed by atoms with Crippen LogP contribution in [0, 0.1) is 0 Å². The summed E-state index contributed by atoms with van der Waals surface area (Å²) in [5.74, 6) is 2.98. The van der Waals surface area contributed by atoms with Gasteiger partial charge >= 0.3 is 0 Å². The first-order chi connectivity index (χ1) is 12.1. The Morgan fingerprint density at radius 1 is 0.680 bits per heavy atom. The van der Waals surface area contributed by atoms with Crippen LogP contribution >= 0.6 is 0 Å². The molecule has 0 unspecified atom stereocenters. The first-order valence-electron chi connectivity index (χ1n) is 8.07. The molecule has 0 bridgehead atoms. The molecule has 0 amide bonds. The van der Waals surface area contributed by atoms with Crippen molar-refractivity contribution >= 4 is 9.84 Å². The fraction of sp³-hybridized carbons (Fsp3) is 0.333. The molecule has 0 fully saturated rings. The summed E-state index contributed by atoms with van der Waals surface area (Å²) in [6.07, 6.45) is 0.917. The number of aryl methyl sites for hydroxylation is 2. The molecule has 132 valence electrons. The maximum atomic E-state index is 12.3. The third-order valence-electron chi connectivity index (χ3n) is 4.28. The van der Waals surface area contributed by atoms with E-state index in [0.717, 1.165) is 11.1 Å². The van der Waals surface area contributed by atoms with E-state index in [1.165, 1.54) is 0 Å². The van der Waals surface area contributed by atoms with Crippen molar-refractivity contribution < 1.29 is 27.4 Å². The molecule has 2 aliphatic rings. The highest BCUT2D eigenvalue weighted by molar-refractivity contribution is 7.91. The second-order valence-corrected chi connectivity index (χ2v) is 8.33. The summed E-state index contributed by atoms with van der Waals surface area (Å²) in [4.78, 5) is 0. The Morgan fingerprint density at radius 3 is 1.60 bits per heavy atom. The lowest BCUT2D eigenvalue weighted by atomic mass is 10.1. The van der Waals surface area contributed by atoms with Gasteiger partial charge in [0.15, 0.2) is 32.8 Å². The lowest BCUT2D eigenvalue weighted by Gasteiger charge is -2.06. The summed E-state index contributed by atoms with van der Waals surface area (Å²) in [5.41, 5.74) is 1.85. The first-order valence-corrected chi connectivity index (χ1v) is 9.89. The summed E-state index contributed by atoms with van der Waals surface area (Å²) >= 11 is 0. The normalized spacial score (nSPS) is 14.7. The van der Waals surface area contributed by atoms with Crippen LogP contribution in [0.4, 0.5) is 0 Å². The Balaban J connectivity index is 1.34. The summed E-state index contributed by atoms with van der Waals surface area (Å²) < 4.78 is 45.8. The van der Waals surface area contributed by atoms with Crippen LogP contribution in [0.3, 0.4) is 0 Å². The predicted molar refractivity (Wildman–Crippen MR) is 91.2 cm³/mol. The van der Waals surface area contributed by atoms with Crippen molar-refractivity contribution in [3.63, 3.8) is 0 Å². The number of fused-ring (bicyclic) bond motifs is 2. The molecule has 0 spiro atoms. The van der Waals surface area contributed by atoms with Crippen molar-refractivity contribution in [3.8, 4) is 23.0 Å². The molecule has 0 saturated carbocycles. The minimum absolute atomic E-state index is 0.108. The van der Waals surface area contributed by atoms with Gasteiger partial charge in [-0.25, -0.2) is 8.42 Å². The van der Waals surface area contributed by atoms with Crippen molar-refractivity contribution in [2.24, 2.45) is 0 Å². The average Bonchev–Trinajstić information content (AvgIpc) is 3.26. The number of rotatable bonds is 6. The predicted octanol–water partition coefficient (Wildman–Crippen LogP) is 2.34. The van der Waals surface area contributed by atoms with Crippen molar-refractivity contribution in [1.29, 1.82) is 0 Å². The van der Waals surface area contributed by atoms with Gasteiger partial charge in [0.1, 0.15) is 0 Å². The Morgan fingerprint density at radius 2 is 1.12 bits per heavy atom. The second kappa shape index (κ2) is 6.48. The van der Waals surface area contributed by atoms with E-state index >= 15 is 0 Å². The van der Waals surface area contributed by atoms with Crippen molar-refractivity contribution in [2.45, 2.75) is 12.8 Å². The Kier molecular flexibility index (Phi) is 4.17. The molecule has 2 aromatic carbocycles. The second-order valence-electron chi connectivity index (χ2n) is 6.03. The fourth-order valence-electron chi connectivity index (χ4n) is 2.84. The molecule has 0 aliphatic carbocycles. The quantitative estimate of drug-likeness (QED) is 0.786. The van der Waals surface area contributed by atoms with Crippen molar-refractivity contribution in [2.75, 3.05) is 25.1 Å². The third kappa shape index (κ3) is 3.66. The van der Waals surface area contributed by atoms with Crippen LogP contribution in [-0.2, 0) is 22.7 Å². The highest BCUT2D eigenvalue weighted by Crippen LogP contribution is 2.33. The minimum Gasteiger partial charge on any atom is -0.454 e.